The van der Waals surface area contributed by atoms with Crippen LogP contribution in [0.4, 0.5) is 4.79 Å². The van der Waals surface area contributed by atoms with Gasteiger partial charge in [-0.25, -0.2) is 4.79 Å². The van der Waals surface area contributed by atoms with E-state index in [4.69, 9.17) is 14.2 Å². The largest absolute Gasteiger partial charge is 0.467 e. The van der Waals surface area contributed by atoms with Crippen molar-refractivity contribution < 1.29 is 19.0 Å². The molecular formula is C28H31N5O4. The first-order valence-electron chi connectivity index (χ1n) is 12.2. The predicted octanol–water partition coefficient (Wildman–Crippen LogP) is 5.01. The van der Waals surface area contributed by atoms with E-state index < -0.39 is 5.60 Å². The second kappa shape index (κ2) is 9.82. The van der Waals surface area contributed by atoms with Crippen molar-refractivity contribution in [2.75, 3.05) is 27.0 Å². The molecular weight excluding hydrogens is 470 g/mol. The summed E-state index contributed by atoms with van der Waals surface area (Å²) in [4.78, 5) is 13.9. The van der Waals surface area contributed by atoms with Gasteiger partial charge in [0, 0.05) is 50.3 Å². The van der Waals surface area contributed by atoms with Gasteiger partial charge in [0.05, 0.1) is 16.9 Å². The summed E-state index contributed by atoms with van der Waals surface area (Å²) in [5, 5.41) is 14.5. The fourth-order valence-electron chi connectivity index (χ4n) is 4.33. The number of methoxy groups -OCH3 is 1. The van der Waals surface area contributed by atoms with Crippen LogP contribution in [0.3, 0.4) is 0 Å². The molecule has 37 heavy (non-hydrogen) atoms. The number of nitrogens with zero attached hydrogens (tertiary/aromatic N) is 5. The van der Waals surface area contributed by atoms with E-state index in [0.29, 0.717) is 24.5 Å². The number of carbonyl (C=O) groups is 1. The number of amides is 1. The molecule has 4 aromatic rings. The van der Waals surface area contributed by atoms with E-state index >= 15 is 0 Å². The van der Waals surface area contributed by atoms with E-state index in [0.717, 1.165) is 33.3 Å². The van der Waals surface area contributed by atoms with E-state index in [1.165, 1.54) is 0 Å². The minimum atomic E-state index is -0.507. The third kappa shape index (κ3) is 5.41. The van der Waals surface area contributed by atoms with Crippen molar-refractivity contribution in [1.82, 2.24) is 24.9 Å². The number of fused-ring (bicyclic) bond motifs is 1. The summed E-state index contributed by atoms with van der Waals surface area (Å²) in [5.41, 5.74) is 4.91. The molecule has 1 fully saturated rings. The molecule has 0 saturated carbocycles. The van der Waals surface area contributed by atoms with Gasteiger partial charge in [0.15, 0.2) is 6.79 Å². The minimum absolute atomic E-state index is 0.117. The summed E-state index contributed by atoms with van der Waals surface area (Å²) in [6.45, 7) is 6.85. The second-order valence-electron chi connectivity index (χ2n) is 10.3. The molecule has 1 aliphatic heterocycles. The van der Waals surface area contributed by atoms with Crippen molar-refractivity contribution in [3.63, 3.8) is 0 Å². The molecule has 0 aliphatic carbocycles. The highest BCUT2D eigenvalue weighted by Crippen LogP contribution is 2.35. The maximum Gasteiger partial charge on any atom is 0.410 e. The van der Waals surface area contributed by atoms with Gasteiger partial charge in [-0.3, -0.25) is 4.68 Å². The Labute approximate surface area is 216 Å². The first-order chi connectivity index (χ1) is 17.7. The van der Waals surface area contributed by atoms with Crippen LogP contribution in [-0.4, -0.2) is 63.6 Å². The number of carbonyl (C=O) groups excluding carboxylic acids is 1. The summed E-state index contributed by atoms with van der Waals surface area (Å²) < 4.78 is 18.3. The summed E-state index contributed by atoms with van der Waals surface area (Å²) in [7, 11) is 3.51. The molecule has 192 valence electrons. The van der Waals surface area contributed by atoms with Crippen LogP contribution in [0.1, 0.15) is 32.4 Å². The van der Waals surface area contributed by atoms with Gasteiger partial charge in [0.25, 0.3) is 0 Å². The first kappa shape index (κ1) is 24.7. The maximum absolute atomic E-state index is 12.2. The number of benzene rings is 2. The summed E-state index contributed by atoms with van der Waals surface area (Å²) in [5.74, 6) is 0.801. The Kier molecular flexibility index (Phi) is 6.55. The normalized spacial score (nSPS) is 14.0. The van der Waals surface area contributed by atoms with E-state index in [1.807, 2.05) is 75.1 Å². The molecule has 0 N–H and O–H groups in total. The van der Waals surface area contributed by atoms with Crippen molar-refractivity contribution in [3.05, 3.63) is 60.4 Å². The molecule has 9 heteroatoms. The van der Waals surface area contributed by atoms with Crippen LogP contribution in [0.2, 0.25) is 0 Å². The average Bonchev–Trinajstić information content (AvgIpc) is 3.20. The van der Waals surface area contributed by atoms with Crippen LogP contribution in [0.5, 0.6) is 5.75 Å². The number of likely N-dealkylation sites (tertiary alicyclic amines) is 1. The van der Waals surface area contributed by atoms with Crippen LogP contribution in [-0.2, 0) is 16.5 Å². The standard InChI is InChI=1S/C28H31N5O4/c1-28(2,3)37-27(34)33-15-21(16-33)23-10-11-25(30-29-23)22-8-6-19(13-26(22)36-17-35-5)18-7-9-24-20(12-18)14-32(4)31-24/h6-14,21H,15-17H2,1-5H3. The number of aryl methyl sites for hydroxylation is 1. The van der Waals surface area contributed by atoms with E-state index in [1.54, 1.807) is 12.0 Å². The van der Waals surface area contributed by atoms with Crippen molar-refractivity contribution >= 4 is 17.0 Å². The molecule has 5 rings (SSSR count). The lowest BCUT2D eigenvalue weighted by Gasteiger charge is -2.39. The Morgan fingerprint density at radius 1 is 1.03 bits per heavy atom. The second-order valence-corrected chi connectivity index (χ2v) is 10.3. The molecule has 0 atom stereocenters. The van der Waals surface area contributed by atoms with Crippen molar-refractivity contribution in [2.45, 2.75) is 32.3 Å². The van der Waals surface area contributed by atoms with Crippen LogP contribution in [0.25, 0.3) is 33.3 Å². The molecule has 2 aromatic carbocycles. The predicted molar refractivity (Wildman–Crippen MR) is 140 cm³/mol. The quantitative estimate of drug-likeness (QED) is 0.343. The van der Waals surface area contributed by atoms with Gasteiger partial charge in [-0.2, -0.15) is 15.3 Å². The molecule has 0 radical (unpaired) electrons. The number of hydrogen-bond donors (Lipinski definition) is 0. The maximum atomic E-state index is 12.2. The summed E-state index contributed by atoms with van der Waals surface area (Å²) >= 11 is 0. The summed E-state index contributed by atoms with van der Waals surface area (Å²) in [6, 6.07) is 16.1. The molecule has 1 amide bonds. The summed E-state index contributed by atoms with van der Waals surface area (Å²) in [6.07, 6.45) is 1.71. The van der Waals surface area contributed by atoms with Gasteiger partial charge >= 0.3 is 6.09 Å². The Morgan fingerprint density at radius 2 is 1.78 bits per heavy atom. The Hall–Kier alpha value is -3.98. The van der Waals surface area contributed by atoms with E-state index in [-0.39, 0.29) is 18.8 Å². The molecule has 2 aromatic heterocycles. The Morgan fingerprint density at radius 3 is 2.49 bits per heavy atom. The zero-order valence-electron chi connectivity index (χ0n) is 21.8. The third-order valence-corrected chi connectivity index (χ3v) is 6.18. The highest BCUT2D eigenvalue weighted by Gasteiger charge is 2.35. The smallest absolute Gasteiger partial charge is 0.410 e. The van der Waals surface area contributed by atoms with Crippen molar-refractivity contribution in [2.24, 2.45) is 7.05 Å². The van der Waals surface area contributed by atoms with Crippen LogP contribution >= 0.6 is 0 Å². The van der Waals surface area contributed by atoms with Gasteiger partial charge in [-0.15, -0.1) is 0 Å². The molecule has 0 spiro atoms. The fourth-order valence-corrected chi connectivity index (χ4v) is 4.33. The lowest BCUT2D eigenvalue weighted by Crippen LogP contribution is -2.50. The molecule has 9 nitrogen and oxygen atoms in total. The molecule has 1 aliphatic rings. The highest BCUT2D eigenvalue weighted by molar-refractivity contribution is 5.85. The topological polar surface area (TPSA) is 91.6 Å². The number of rotatable bonds is 6. The van der Waals surface area contributed by atoms with Gasteiger partial charge < -0.3 is 19.1 Å². The van der Waals surface area contributed by atoms with Crippen LogP contribution < -0.4 is 4.74 Å². The Balaban J connectivity index is 1.34. The lowest BCUT2D eigenvalue weighted by atomic mass is 9.96. The minimum Gasteiger partial charge on any atom is -0.467 e. The number of ether oxygens (including phenoxy) is 3. The van der Waals surface area contributed by atoms with Gasteiger partial charge in [0.1, 0.15) is 11.4 Å². The average molecular weight is 502 g/mol. The SMILES string of the molecule is COCOc1cc(-c2ccc3nn(C)cc3c2)ccc1-c1ccc(C2CN(C(=O)OC(C)(C)C)C2)nn1. The molecule has 3 heterocycles. The van der Waals surface area contributed by atoms with Crippen LogP contribution in [0.15, 0.2) is 54.7 Å². The van der Waals surface area contributed by atoms with Crippen molar-refractivity contribution in [3.8, 4) is 28.1 Å². The van der Waals surface area contributed by atoms with E-state index in [2.05, 4.69) is 27.4 Å². The Bertz CT molecular complexity index is 1420. The lowest BCUT2D eigenvalue weighted by molar-refractivity contribution is 0.00780. The monoisotopic (exact) mass is 501 g/mol. The molecule has 1 saturated heterocycles. The number of aromatic nitrogens is 4. The van der Waals surface area contributed by atoms with Crippen LogP contribution in [0, 0.1) is 0 Å². The number of hydrogen-bond acceptors (Lipinski definition) is 7. The molecule has 0 unspecified atom stereocenters. The zero-order chi connectivity index (χ0) is 26.2. The third-order valence-electron chi connectivity index (χ3n) is 6.18. The van der Waals surface area contributed by atoms with Gasteiger partial charge in [-0.1, -0.05) is 12.1 Å². The molecule has 0 bridgehead atoms. The highest BCUT2D eigenvalue weighted by atomic mass is 16.7. The van der Waals surface area contributed by atoms with Gasteiger partial charge in [0.2, 0.25) is 0 Å². The van der Waals surface area contributed by atoms with Gasteiger partial charge in [-0.05, 0) is 68.3 Å². The fraction of sp³-hybridized carbons (Fsp3) is 0.357. The van der Waals surface area contributed by atoms with E-state index in [9.17, 15) is 4.79 Å². The first-order valence-corrected chi connectivity index (χ1v) is 12.2. The zero-order valence-corrected chi connectivity index (χ0v) is 21.8. The van der Waals surface area contributed by atoms with Crippen molar-refractivity contribution in [1.29, 1.82) is 0 Å².